The minimum absolute atomic E-state index is 0.112. The van der Waals surface area contributed by atoms with Crippen LogP contribution in [0.1, 0.15) is 13.8 Å². The van der Waals surface area contributed by atoms with Crippen molar-refractivity contribution in [2.24, 2.45) is 0 Å². The maximum Gasteiger partial charge on any atom is 0.410 e. The van der Waals surface area contributed by atoms with E-state index < -0.39 is 0 Å². The second-order valence-electron chi connectivity index (χ2n) is 5.40. The van der Waals surface area contributed by atoms with Crippen LogP contribution in [0.5, 0.6) is 0 Å². The van der Waals surface area contributed by atoms with Crippen molar-refractivity contribution >= 4 is 29.3 Å². The number of nitrogens with zero attached hydrogens (tertiary/aromatic N) is 2. The Morgan fingerprint density at radius 2 is 2.17 bits per heavy atom. The lowest BCUT2D eigenvalue weighted by atomic mass is 10.2. The molecular formula is C15H22ClN4O3+. The Labute approximate surface area is 140 Å². The van der Waals surface area contributed by atoms with Crippen molar-refractivity contribution in [2.45, 2.75) is 19.9 Å². The van der Waals surface area contributed by atoms with Gasteiger partial charge in [0.2, 0.25) is 0 Å². The summed E-state index contributed by atoms with van der Waals surface area (Å²) in [6.07, 6.45) is 1.28. The van der Waals surface area contributed by atoms with Gasteiger partial charge in [-0.1, -0.05) is 11.6 Å². The van der Waals surface area contributed by atoms with Crippen LogP contribution < -0.4 is 10.2 Å². The molecule has 1 aliphatic rings. The molecule has 1 saturated heterocycles. The highest BCUT2D eigenvalue weighted by molar-refractivity contribution is 6.32. The molecule has 8 heteroatoms. The molecule has 2 rings (SSSR count). The van der Waals surface area contributed by atoms with Gasteiger partial charge in [0.05, 0.1) is 38.5 Å². The van der Waals surface area contributed by atoms with Crippen LogP contribution in [0.2, 0.25) is 5.15 Å². The summed E-state index contributed by atoms with van der Waals surface area (Å²) in [4.78, 5) is 30.8. The number of anilines is 1. The number of aromatic nitrogens is 1. The number of carbonyl (C=O) groups excluding carboxylic acids is 2. The summed E-state index contributed by atoms with van der Waals surface area (Å²) in [6.45, 7) is 6.60. The highest BCUT2D eigenvalue weighted by Gasteiger charge is 2.31. The monoisotopic (exact) mass is 341 g/mol. The van der Waals surface area contributed by atoms with Crippen molar-refractivity contribution in [1.82, 2.24) is 9.88 Å². The number of piperazine rings is 1. The van der Waals surface area contributed by atoms with Crippen LogP contribution in [-0.2, 0) is 9.53 Å². The number of ether oxygens (including phenoxy) is 1. The fourth-order valence-corrected chi connectivity index (χ4v) is 2.70. The first-order valence-corrected chi connectivity index (χ1v) is 8.08. The summed E-state index contributed by atoms with van der Waals surface area (Å²) in [5.74, 6) is -0.112. The van der Waals surface area contributed by atoms with Gasteiger partial charge in [0.1, 0.15) is 0 Å². The van der Waals surface area contributed by atoms with E-state index in [1.807, 2.05) is 6.92 Å². The van der Waals surface area contributed by atoms with Gasteiger partial charge < -0.3 is 15.0 Å². The van der Waals surface area contributed by atoms with E-state index in [0.29, 0.717) is 38.5 Å². The van der Waals surface area contributed by atoms with E-state index in [4.69, 9.17) is 16.3 Å². The predicted molar refractivity (Wildman–Crippen MR) is 86.6 cm³/mol. The van der Waals surface area contributed by atoms with Crippen LogP contribution in [0.3, 0.4) is 0 Å². The highest BCUT2D eigenvalue weighted by atomic mass is 35.5. The van der Waals surface area contributed by atoms with Crippen LogP contribution in [0.15, 0.2) is 18.3 Å². The van der Waals surface area contributed by atoms with E-state index >= 15 is 0 Å². The molecule has 1 aromatic heterocycles. The summed E-state index contributed by atoms with van der Waals surface area (Å²) in [7, 11) is 0. The van der Waals surface area contributed by atoms with Crippen molar-refractivity contribution in [2.75, 3.05) is 38.1 Å². The second-order valence-corrected chi connectivity index (χ2v) is 5.75. The van der Waals surface area contributed by atoms with Gasteiger partial charge in [-0.25, -0.2) is 9.78 Å². The average Bonchev–Trinajstić information content (AvgIpc) is 2.56. The Bertz CT molecular complexity index is 561. The average molecular weight is 342 g/mol. The van der Waals surface area contributed by atoms with Crippen LogP contribution in [0.4, 0.5) is 10.5 Å². The second kappa shape index (κ2) is 8.12. The normalized spacial score (nSPS) is 16.7. The lowest BCUT2D eigenvalue weighted by molar-refractivity contribution is -0.917. The summed E-state index contributed by atoms with van der Waals surface area (Å²) >= 11 is 5.95. The molecule has 2 amide bonds. The van der Waals surface area contributed by atoms with Gasteiger partial charge in [0.25, 0.3) is 5.91 Å². The lowest BCUT2D eigenvalue weighted by Gasteiger charge is -2.34. The molecule has 0 saturated carbocycles. The molecule has 1 aromatic rings. The topological polar surface area (TPSA) is 76.0 Å². The molecule has 126 valence electrons. The number of rotatable bonds is 4. The van der Waals surface area contributed by atoms with E-state index in [2.05, 4.69) is 10.3 Å². The van der Waals surface area contributed by atoms with Crippen molar-refractivity contribution in [1.29, 1.82) is 0 Å². The van der Waals surface area contributed by atoms with E-state index in [1.54, 1.807) is 30.2 Å². The standard InChI is InChI=1S/C15H21ClN4O3/c1-3-23-15(22)20-9-7-19(8-10-20)11(2)14(21)18-12-5-4-6-17-13(12)16/h4-6,11H,3,7-10H2,1-2H3,(H,18,21)/p+1/t11-/m0/s1. The predicted octanol–water partition coefficient (Wildman–Crippen LogP) is 0.419. The Kier molecular flexibility index (Phi) is 6.18. The quantitative estimate of drug-likeness (QED) is 0.778. The van der Waals surface area contributed by atoms with Gasteiger partial charge >= 0.3 is 6.09 Å². The zero-order valence-corrected chi connectivity index (χ0v) is 14.1. The number of carbonyl (C=O) groups is 2. The largest absolute Gasteiger partial charge is 0.450 e. The van der Waals surface area contributed by atoms with Gasteiger partial charge in [0, 0.05) is 6.20 Å². The molecule has 0 unspecified atom stereocenters. The van der Waals surface area contributed by atoms with Crippen LogP contribution in [0.25, 0.3) is 0 Å². The van der Waals surface area contributed by atoms with Crippen molar-refractivity contribution < 1.29 is 19.2 Å². The van der Waals surface area contributed by atoms with Gasteiger partial charge in [-0.15, -0.1) is 0 Å². The molecule has 2 N–H and O–H groups in total. The number of pyridine rings is 1. The Morgan fingerprint density at radius 3 is 2.78 bits per heavy atom. The molecule has 1 aliphatic heterocycles. The zero-order valence-electron chi connectivity index (χ0n) is 13.3. The van der Waals surface area contributed by atoms with Crippen LogP contribution in [-0.4, -0.2) is 60.7 Å². The van der Waals surface area contributed by atoms with E-state index in [1.165, 1.54) is 0 Å². The summed E-state index contributed by atoms with van der Waals surface area (Å²) in [6, 6.07) is 3.20. The third-order valence-electron chi connectivity index (χ3n) is 3.95. The fraction of sp³-hybridized carbons (Fsp3) is 0.533. The minimum Gasteiger partial charge on any atom is -0.450 e. The maximum atomic E-state index is 12.4. The van der Waals surface area contributed by atoms with Crippen LogP contribution in [0, 0.1) is 0 Å². The molecule has 23 heavy (non-hydrogen) atoms. The lowest BCUT2D eigenvalue weighted by Crippen LogP contribution is -3.19. The van der Waals surface area contributed by atoms with Gasteiger partial charge in [-0.3, -0.25) is 9.69 Å². The number of amides is 2. The van der Waals surface area contributed by atoms with E-state index in [0.717, 1.165) is 4.90 Å². The van der Waals surface area contributed by atoms with Gasteiger partial charge in [-0.2, -0.15) is 0 Å². The molecule has 1 atom stereocenters. The van der Waals surface area contributed by atoms with E-state index in [9.17, 15) is 9.59 Å². The first kappa shape index (κ1) is 17.5. The first-order chi connectivity index (χ1) is 11.0. The Morgan fingerprint density at radius 1 is 1.48 bits per heavy atom. The number of quaternary nitrogens is 1. The molecule has 1 fully saturated rings. The van der Waals surface area contributed by atoms with Crippen molar-refractivity contribution in [3.05, 3.63) is 23.5 Å². The summed E-state index contributed by atoms with van der Waals surface area (Å²) in [5, 5.41) is 3.08. The maximum absolute atomic E-state index is 12.4. The minimum atomic E-state index is -0.286. The third-order valence-corrected chi connectivity index (χ3v) is 4.26. The van der Waals surface area contributed by atoms with Crippen LogP contribution >= 0.6 is 11.6 Å². The van der Waals surface area contributed by atoms with Gasteiger partial charge in [0.15, 0.2) is 11.2 Å². The van der Waals surface area contributed by atoms with Crippen molar-refractivity contribution in [3.63, 3.8) is 0 Å². The molecular weight excluding hydrogens is 320 g/mol. The molecule has 0 bridgehead atoms. The number of hydrogen-bond acceptors (Lipinski definition) is 4. The zero-order chi connectivity index (χ0) is 16.8. The highest BCUT2D eigenvalue weighted by Crippen LogP contribution is 2.17. The van der Waals surface area contributed by atoms with Gasteiger partial charge in [-0.05, 0) is 26.0 Å². The summed E-state index contributed by atoms with van der Waals surface area (Å²) in [5.41, 5.74) is 0.510. The molecule has 0 spiro atoms. The number of nitrogens with one attached hydrogen (secondary N) is 2. The van der Waals surface area contributed by atoms with E-state index in [-0.39, 0.29) is 23.2 Å². The SMILES string of the molecule is CCOC(=O)N1CC[NH+]([C@@H](C)C(=O)Nc2cccnc2Cl)CC1. The number of halogens is 1. The Hall–Kier alpha value is -1.86. The third kappa shape index (κ3) is 4.56. The van der Waals surface area contributed by atoms with Crippen molar-refractivity contribution in [3.8, 4) is 0 Å². The number of hydrogen-bond donors (Lipinski definition) is 2. The molecule has 0 aromatic carbocycles. The Balaban J connectivity index is 1.87. The summed E-state index contributed by atoms with van der Waals surface area (Å²) < 4.78 is 4.99. The fourth-order valence-electron chi connectivity index (χ4n) is 2.53. The molecule has 7 nitrogen and oxygen atoms in total. The molecule has 0 aliphatic carbocycles. The molecule has 0 radical (unpaired) electrons. The smallest absolute Gasteiger partial charge is 0.410 e. The first-order valence-electron chi connectivity index (χ1n) is 7.70. The molecule has 2 heterocycles.